The number of ketones is 1. The van der Waals surface area contributed by atoms with Gasteiger partial charge in [-0.2, -0.15) is 0 Å². The number of carbonyl (C=O) groups excluding carboxylic acids is 2. The maximum atomic E-state index is 12.1. The third kappa shape index (κ3) is 3.09. The standard InChI is InChI=1S/C14H18O4/c1-14(2,13(16)18-4)12(15)9-10-5-7-11(17-3)8-6-10/h5-8H,9H2,1-4H3. The molecule has 98 valence electrons. The van der Waals surface area contributed by atoms with Crippen LogP contribution in [0.1, 0.15) is 19.4 Å². The van der Waals surface area contributed by atoms with Crippen molar-refractivity contribution in [3.63, 3.8) is 0 Å². The van der Waals surface area contributed by atoms with Crippen molar-refractivity contribution in [3.05, 3.63) is 29.8 Å². The summed E-state index contributed by atoms with van der Waals surface area (Å²) in [4.78, 5) is 23.6. The van der Waals surface area contributed by atoms with Crippen LogP contribution in [0.25, 0.3) is 0 Å². The first kappa shape index (κ1) is 14.2. The Morgan fingerprint density at radius 3 is 2.11 bits per heavy atom. The average molecular weight is 250 g/mol. The molecule has 0 heterocycles. The summed E-state index contributed by atoms with van der Waals surface area (Å²) in [6, 6.07) is 7.19. The molecule has 0 fully saturated rings. The maximum absolute atomic E-state index is 12.1. The van der Waals surface area contributed by atoms with Gasteiger partial charge in [0.1, 0.15) is 11.2 Å². The minimum atomic E-state index is -1.12. The number of esters is 1. The molecule has 1 aromatic carbocycles. The molecule has 0 saturated carbocycles. The van der Waals surface area contributed by atoms with Crippen LogP contribution in [0.5, 0.6) is 5.75 Å². The summed E-state index contributed by atoms with van der Waals surface area (Å²) in [5, 5.41) is 0. The van der Waals surface area contributed by atoms with E-state index < -0.39 is 11.4 Å². The number of methoxy groups -OCH3 is 2. The number of rotatable bonds is 5. The Bertz CT molecular complexity index is 432. The van der Waals surface area contributed by atoms with Crippen molar-refractivity contribution in [2.45, 2.75) is 20.3 Å². The van der Waals surface area contributed by atoms with Gasteiger partial charge in [0.15, 0.2) is 5.78 Å². The fourth-order valence-corrected chi connectivity index (χ4v) is 1.52. The van der Waals surface area contributed by atoms with E-state index in [0.717, 1.165) is 11.3 Å². The summed E-state index contributed by atoms with van der Waals surface area (Å²) in [5.74, 6) is 0.0546. The van der Waals surface area contributed by atoms with Crippen LogP contribution in [0.2, 0.25) is 0 Å². The molecule has 0 bridgehead atoms. The van der Waals surface area contributed by atoms with Crippen LogP contribution in [-0.4, -0.2) is 26.0 Å². The lowest BCUT2D eigenvalue weighted by atomic mass is 9.85. The van der Waals surface area contributed by atoms with E-state index in [0.29, 0.717) is 0 Å². The first-order valence-electron chi connectivity index (χ1n) is 5.66. The molecule has 0 aliphatic carbocycles. The van der Waals surface area contributed by atoms with E-state index >= 15 is 0 Å². The Morgan fingerprint density at radius 1 is 1.11 bits per heavy atom. The lowest BCUT2D eigenvalue weighted by Crippen LogP contribution is -2.35. The molecule has 1 aromatic rings. The number of ether oxygens (including phenoxy) is 2. The van der Waals surface area contributed by atoms with Crippen LogP contribution in [0.4, 0.5) is 0 Å². The molecular formula is C14H18O4. The molecule has 0 aliphatic rings. The van der Waals surface area contributed by atoms with Crippen molar-refractivity contribution in [3.8, 4) is 5.75 Å². The Hall–Kier alpha value is -1.84. The first-order chi connectivity index (χ1) is 8.41. The predicted octanol–water partition coefficient (Wildman–Crippen LogP) is 2.01. The predicted molar refractivity (Wildman–Crippen MR) is 67.5 cm³/mol. The van der Waals surface area contributed by atoms with Gasteiger partial charge in [-0.05, 0) is 31.5 Å². The van der Waals surface area contributed by atoms with Crippen molar-refractivity contribution >= 4 is 11.8 Å². The fourth-order valence-electron chi connectivity index (χ4n) is 1.52. The first-order valence-corrected chi connectivity index (χ1v) is 5.66. The summed E-state index contributed by atoms with van der Waals surface area (Å²) in [6.07, 6.45) is 0.200. The number of Topliss-reactive ketones (excluding diaryl/α,β-unsaturated/α-hetero) is 1. The van der Waals surface area contributed by atoms with Crippen LogP contribution in [0.15, 0.2) is 24.3 Å². The minimum absolute atomic E-state index is 0.167. The quantitative estimate of drug-likeness (QED) is 0.592. The Labute approximate surface area is 107 Å². The number of carbonyl (C=O) groups is 2. The number of hydrogen-bond donors (Lipinski definition) is 0. The summed E-state index contributed by atoms with van der Waals surface area (Å²) in [5.41, 5.74) is -0.271. The lowest BCUT2D eigenvalue weighted by molar-refractivity contribution is -0.155. The summed E-state index contributed by atoms with van der Waals surface area (Å²) >= 11 is 0. The highest BCUT2D eigenvalue weighted by molar-refractivity contribution is 6.03. The Kier molecular flexibility index (Phi) is 4.48. The van der Waals surface area contributed by atoms with Gasteiger partial charge in [0.25, 0.3) is 0 Å². The molecule has 0 radical (unpaired) electrons. The zero-order valence-electron chi connectivity index (χ0n) is 11.1. The topological polar surface area (TPSA) is 52.6 Å². The van der Waals surface area contributed by atoms with Gasteiger partial charge in [-0.15, -0.1) is 0 Å². The molecule has 18 heavy (non-hydrogen) atoms. The van der Waals surface area contributed by atoms with Gasteiger partial charge < -0.3 is 9.47 Å². The molecule has 0 unspecified atom stereocenters. The van der Waals surface area contributed by atoms with Crippen LogP contribution in [0.3, 0.4) is 0 Å². The van der Waals surface area contributed by atoms with Crippen LogP contribution in [0, 0.1) is 5.41 Å². The van der Waals surface area contributed by atoms with E-state index in [1.165, 1.54) is 7.11 Å². The van der Waals surface area contributed by atoms with Crippen molar-refractivity contribution in [1.82, 2.24) is 0 Å². The zero-order chi connectivity index (χ0) is 13.8. The molecule has 0 saturated heterocycles. The van der Waals surface area contributed by atoms with Crippen LogP contribution < -0.4 is 4.74 Å². The van der Waals surface area contributed by atoms with Crippen molar-refractivity contribution in [2.75, 3.05) is 14.2 Å². The fraction of sp³-hybridized carbons (Fsp3) is 0.429. The van der Waals surface area contributed by atoms with Crippen LogP contribution in [-0.2, 0) is 20.7 Å². The SMILES string of the molecule is COC(=O)C(C)(C)C(=O)Cc1ccc(OC)cc1. The highest BCUT2D eigenvalue weighted by atomic mass is 16.5. The van der Waals surface area contributed by atoms with E-state index in [2.05, 4.69) is 4.74 Å². The van der Waals surface area contributed by atoms with Crippen molar-refractivity contribution < 1.29 is 19.1 Å². The van der Waals surface area contributed by atoms with Crippen LogP contribution >= 0.6 is 0 Å². The molecule has 0 amide bonds. The molecule has 0 aliphatic heterocycles. The summed E-state index contributed by atoms with van der Waals surface area (Å²) < 4.78 is 9.67. The molecule has 1 rings (SSSR count). The third-order valence-electron chi connectivity index (χ3n) is 2.92. The van der Waals surface area contributed by atoms with Gasteiger partial charge in [0.05, 0.1) is 14.2 Å². The van der Waals surface area contributed by atoms with E-state index in [1.54, 1.807) is 33.1 Å². The monoisotopic (exact) mass is 250 g/mol. The molecule has 4 heteroatoms. The minimum Gasteiger partial charge on any atom is -0.497 e. The third-order valence-corrected chi connectivity index (χ3v) is 2.92. The second-order valence-electron chi connectivity index (χ2n) is 4.56. The van der Waals surface area contributed by atoms with Crippen molar-refractivity contribution in [1.29, 1.82) is 0 Å². The molecule has 0 atom stereocenters. The Morgan fingerprint density at radius 2 is 1.67 bits per heavy atom. The van der Waals surface area contributed by atoms with E-state index in [-0.39, 0.29) is 12.2 Å². The van der Waals surface area contributed by atoms with E-state index in [4.69, 9.17) is 4.74 Å². The van der Waals surface area contributed by atoms with Gasteiger partial charge in [0.2, 0.25) is 0 Å². The van der Waals surface area contributed by atoms with Gasteiger partial charge in [-0.1, -0.05) is 12.1 Å². The normalized spacial score (nSPS) is 10.9. The number of benzene rings is 1. The maximum Gasteiger partial charge on any atom is 0.318 e. The van der Waals surface area contributed by atoms with E-state index in [1.807, 2.05) is 12.1 Å². The second kappa shape index (κ2) is 5.67. The van der Waals surface area contributed by atoms with Gasteiger partial charge in [-0.25, -0.2) is 0 Å². The van der Waals surface area contributed by atoms with E-state index in [9.17, 15) is 9.59 Å². The molecule has 0 N–H and O–H groups in total. The zero-order valence-corrected chi connectivity index (χ0v) is 11.1. The smallest absolute Gasteiger partial charge is 0.318 e. The summed E-state index contributed by atoms with van der Waals surface area (Å²) in [6.45, 7) is 3.15. The largest absolute Gasteiger partial charge is 0.497 e. The van der Waals surface area contributed by atoms with Gasteiger partial charge in [-0.3, -0.25) is 9.59 Å². The van der Waals surface area contributed by atoms with Gasteiger partial charge >= 0.3 is 5.97 Å². The number of hydrogen-bond acceptors (Lipinski definition) is 4. The van der Waals surface area contributed by atoms with Gasteiger partial charge in [0, 0.05) is 6.42 Å². The molecule has 0 aromatic heterocycles. The Balaban J connectivity index is 2.77. The highest BCUT2D eigenvalue weighted by Gasteiger charge is 2.36. The highest BCUT2D eigenvalue weighted by Crippen LogP contribution is 2.22. The van der Waals surface area contributed by atoms with Crippen molar-refractivity contribution in [2.24, 2.45) is 5.41 Å². The average Bonchev–Trinajstić information content (AvgIpc) is 2.38. The lowest BCUT2D eigenvalue weighted by Gasteiger charge is -2.19. The summed E-state index contributed by atoms with van der Waals surface area (Å²) in [7, 11) is 2.87. The second-order valence-corrected chi connectivity index (χ2v) is 4.56. The molecule has 0 spiro atoms. The molecule has 4 nitrogen and oxygen atoms in total. The molecular weight excluding hydrogens is 232 g/mol.